The van der Waals surface area contributed by atoms with Crippen LogP contribution in [0.4, 0.5) is 13.2 Å². The molecule has 3 N–H and O–H groups in total. The molecule has 148 valence electrons. The number of guanidine groups is 1. The van der Waals surface area contributed by atoms with Crippen LogP contribution in [0.5, 0.6) is 0 Å². The third kappa shape index (κ3) is 7.29. The van der Waals surface area contributed by atoms with Gasteiger partial charge in [0.25, 0.3) is 0 Å². The zero-order valence-electron chi connectivity index (χ0n) is 14.6. The maximum Gasteiger partial charge on any atom is 0.434 e. The molecule has 0 saturated carbocycles. The van der Waals surface area contributed by atoms with E-state index in [2.05, 4.69) is 25.9 Å². The molecule has 11 heteroatoms. The Hall–Kier alpha value is -2.56. The van der Waals surface area contributed by atoms with Crippen molar-refractivity contribution in [3.05, 3.63) is 40.2 Å². The van der Waals surface area contributed by atoms with E-state index in [1.54, 1.807) is 12.1 Å². The monoisotopic (exact) mass is 403 g/mol. The molecule has 0 aliphatic rings. The Balaban J connectivity index is 1.77. The molecule has 2 rings (SSSR count). The van der Waals surface area contributed by atoms with Crippen molar-refractivity contribution < 1.29 is 22.4 Å². The molecular formula is C16H20F3N5O2S. The summed E-state index contributed by atoms with van der Waals surface area (Å²) in [5.41, 5.74) is -0.878. The molecule has 7 nitrogen and oxygen atoms in total. The Bertz CT molecular complexity index is 744. The number of halogens is 3. The van der Waals surface area contributed by atoms with Crippen LogP contribution in [0, 0.1) is 0 Å². The van der Waals surface area contributed by atoms with Crippen LogP contribution < -0.4 is 16.0 Å². The second-order valence-corrected chi connectivity index (χ2v) is 6.29. The van der Waals surface area contributed by atoms with Crippen LogP contribution in [0.15, 0.2) is 33.2 Å². The van der Waals surface area contributed by atoms with Crippen LogP contribution in [0.3, 0.4) is 0 Å². The molecule has 0 spiro atoms. The summed E-state index contributed by atoms with van der Waals surface area (Å²) in [4.78, 5) is 19.5. The van der Waals surface area contributed by atoms with Crippen LogP contribution in [-0.4, -0.2) is 36.5 Å². The second kappa shape index (κ2) is 9.95. The van der Waals surface area contributed by atoms with E-state index in [0.29, 0.717) is 36.2 Å². The number of amides is 1. The minimum absolute atomic E-state index is 0.0918. The predicted molar refractivity (Wildman–Crippen MR) is 95.4 cm³/mol. The van der Waals surface area contributed by atoms with Gasteiger partial charge in [0.05, 0.1) is 17.8 Å². The van der Waals surface area contributed by atoms with Crippen molar-refractivity contribution in [3.63, 3.8) is 0 Å². The van der Waals surface area contributed by atoms with Crippen molar-refractivity contribution in [2.45, 2.75) is 26.1 Å². The smallest absolute Gasteiger partial charge is 0.434 e. The lowest BCUT2D eigenvalue weighted by molar-refractivity contribution is -0.140. The summed E-state index contributed by atoms with van der Waals surface area (Å²) in [6.07, 6.45) is -2.59. The van der Waals surface area contributed by atoms with E-state index in [4.69, 9.17) is 4.42 Å². The van der Waals surface area contributed by atoms with Crippen LogP contribution in [0.25, 0.3) is 0 Å². The Morgan fingerprint density at radius 1 is 1.33 bits per heavy atom. The zero-order chi connectivity index (χ0) is 19.7. The van der Waals surface area contributed by atoms with Gasteiger partial charge in [0.1, 0.15) is 12.3 Å². The van der Waals surface area contributed by atoms with Gasteiger partial charge in [0.15, 0.2) is 11.7 Å². The Kier molecular flexibility index (Phi) is 7.65. The Morgan fingerprint density at radius 3 is 2.78 bits per heavy atom. The highest BCUT2D eigenvalue weighted by atomic mass is 32.1. The minimum Gasteiger partial charge on any atom is -0.467 e. The maximum atomic E-state index is 12.5. The van der Waals surface area contributed by atoms with Crippen LogP contribution in [0.2, 0.25) is 0 Å². The molecule has 2 heterocycles. The number of alkyl halides is 3. The van der Waals surface area contributed by atoms with Crippen LogP contribution in [0.1, 0.15) is 23.4 Å². The number of furan rings is 1. The quantitative estimate of drug-likeness (QED) is 0.464. The van der Waals surface area contributed by atoms with Crippen molar-refractivity contribution in [3.8, 4) is 0 Å². The summed E-state index contributed by atoms with van der Waals surface area (Å²) in [5.74, 6) is 0.760. The van der Waals surface area contributed by atoms with Gasteiger partial charge in [-0.2, -0.15) is 13.2 Å². The zero-order valence-corrected chi connectivity index (χ0v) is 15.4. The molecule has 0 unspecified atom stereocenters. The van der Waals surface area contributed by atoms with Crippen LogP contribution >= 0.6 is 11.3 Å². The van der Waals surface area contributed by atoms with E-state index < -0.39 is 11.9 Å². The van der Waals surface area contributed by atoms with Gasteiger partial charge in [-0.3, -0.25) is 4.79 Å². The molecule has 2 aromatic rings. The summed E-state index contributed by atoms with van der Waals surface area (Å²) >= 11 is 0.961. The van der Waals surface area contributed by atoms with Crippen LogP contribution in [-0.2, 0) is 23.9 Å². The summed E-state index contributed by atoms with van der Waals surface area (Å²) in [6, 6.07) is 3.48. The average Bonchev–Trinajstić information content (AvgIpc) is 3.29. The topological polar surface area (TPSA) is 91.5 Å². The first-order valence-corrected chi connectivity index (χ1v) is 9.09. The molecule has 2 aromatic heterocycles. The van der Waals surface area contributed by atoms with E-state index in [1.807, 2.05) is 6.92 Å². The molecule has 27 heavy (non-hydrogen) atoms. The Morgan fingerprint density at radius 2 is 2.15 bits per heavy atom. The van der Waals surface area contributed by atoms with Gasteiger partial charge >= 0.3 is 6.18 Å². The van der Waals surface area contributed by atoms with E-state index in [-0.39, 0.29) is 19.0 Å². The van der Waals surface area contributed by atoms with Gasteiger partial charge < -0.3 is 20.4 Å². The van der Waals surface area contributed by atoms with Gasteiger partial charge in [-0.05, 0) is 19.1 Å². The predicted octanol–water partition coefficient (Wildman–Crippen LogP) is 2.17. The van der Waals surface area contributed by atoms with Gasteiger partial charge in [-0.15, -0.1) is 11.3 Å². The molecule has 0 saturated heterocycles. The number of nitrogens with one attached hydrogen (secondary N) is 3. The summed E-state index contributed by atoms with van der Waals surface area (Å²) < 4.78 is 42.7. The molecule has 0 bridgehead atoms. The van der Waals surface area contributed by atoms with Crippen molar-refractivity contribution in [2.75, 3.05) is 19.6 Å². The van der Waals surface area contributed by atoms with Gasteiger partial charge in [-0.25, -0.2) is 9.98 Å². The fourth-order valence-corrected chi connectivity index (χ4v) is 2.80. The first kappa shape index (κ1) is 20.7. The number of carbonyl (C=O) groups is 1. The number of thiazole rings is 1. The highest BCUT2D eigenvalue weighted by Crippen LogP contribution is 2.29. The molecule has 0 atom stereocenters. The highest BCUT2D eigenvalue weighted by molar-refractivity contribution is 7.09. The first-order chi connectivity index (χ1) is 12.9. The molecule has 0 aliphatic heterocycles. The second-order valence-electron chi connectivity index (χ2n) is 5.35. The Labute approximate surface area is 158 Å². The minimum atomic E-state index is -4.43. The lowest BCUT2D eigenvalue weighted by Gasteiger charge is -2.10. The van der Waals surface area contributed by atoms with Gasteiger partial charge in [-0.1, -0.05) is 0 Å². The molecule has 0 fully saturated rings. The number of aliphatic imine (C=N–C) groups is 1. The first-order valence-electron chi connectivity index (χ1n) is 8.21. The molecule has 1 amide bonds. The fraction of sp³-hybridized carbons (Fsp3) is 0.438. The SMILES string of the molecule is CCNC(=NCC(=O)NCc1ccco1)NCCc1nc(C(F)(F)F)cs1. The summed E-state index contributed by atoms with van der Waals surface area (Å²) in [5, 5.41) is 9.98. The van der Waals surface area contributed by atoms with E-state index >= 15 is 0 Å². The summed E-state index contributed by atoms with van der Waals surface area (Å²) in [6.45, 7) is 2.97. The van der Waals surface area contributed by atoms with E-state index in [9.17, 15) is 18.0 Å². The highest BCUT2D eigenvalue weighted by Gasteiger charge is 2.33. The number of hydrogen-bond acceptors (Lipinski definition) is 5. The molecular weight excluding hydrogens is 383 g/mol. The van der Waals surface area contributed by atoms with Gasteiger partial charge in [0, 0.05) is 24.9 Å². The number of nitrogens with zero attached hydrogens (tertiary/aromatic N) is 2. The number of hydrogen-bond donors (Lipinski definition) is 3. The molecule has 0 aromatic carbocycles. The largest absolute Gasteiger partial charge is 0.467 e. The van der Waals surface area contributed by atoms with Crippen molar-refractivity contribution in [1.29, 1.82) is 0 Å². The third-order valence-corrected chi connectivity index (χ3v) is 4.15. The lowest BCUT2D eigenvalue weighted by atomic mass is 10.4. The van der Waals surface area contributed by atoms with E-state index in [0.717, 1.165) is 16.7 Å². The van der Waals surface area contributed by atoms with Crippen molar-refractivity contribution in [1.82, 2.24) is 20.9 Å². The van der Waals surface area contributed by atoms with Crippen molar-refractivity contribution >= 4 is 23.2 Å². The molecule has 0 radical (unpaired) electrons. The normalized spacial score (nSPS) is 12.1. The fourth-order valence-electron chi connectivity index (χ4n) is 1.99. The third-order valence-electron chi connectivity index (χ3n) is 3.24. The molecule has 0 aliphatic carbocycles. The van der Waals surface area contributed by atoms with Crippen molar-refractivity contribution in [2.24, 2.45) is 4.99 Å². The average molecular weight is 403 g/mol. The maximum absolute atomic E-state index is 12.5. The number of carbonyl (C=O) groups excluding carboxylic acids is 1. The lowest BCUT2D eigenvalue weighted by Crippen LogP contribution is -2.39. The number of rotatable bonds is 8. The standard InChI is InChI=1S/C16H20F3N5O2S/c1-2-20-15(23-9-13(25)22-8-11-4-3-7-26-11)21-6-5-14-24-12(10-27-14)16(17,18)19/h3-4,7,10H,2,5-6,8-9H2,1H3,(H,22,25)(H2,20,21,23). The van der Waals surface area contributed by atoms with Gasteiger partial charge in [0.2, 0.25) is 5.91 Å². The van der Waals surface area contributed by atoms with E-state index in [1.165, 1.54) is 6.26 Å². The summed E-state index contributed by atoms with van der Waals surface area (Å²) in [7, 11) is 0. The number of aromatic nitrogens is 1.